The summed E-state index contributed by atoms with van der Waals surface area (Å²) in [7, 11) is 0. The number of unbranched alkanes of at least 4 members (excludes halogenated alkanes) is 1. The zero-order chi connectivity index (χ0) is 11.9. The summed E-state index contributed by atoms with van der Waals surface area (Å²) in [6.07, 6.45) is 8.08. The predicted octanol–water partition coefficient (Wildman–Crippen LogP) is 4.10. The highest BCUT2D eigenvalue weighted by Crippen LogP contribution is 2.29. The number of rotatable bonds is 5. The molecule has 0 aromatic heterocycles. The van der Waals surface area contributed by atoms with Crippen molar-refractivity contribution in [2.45, 2.75) is 57.4 Å². The Morgan fingerprint density at radius 1 is 1.24 bits per heavy atom. The van der Waals surface area contributed by atoms with Gasteiger partial charge in [-0.2, -0.15) is 0 Å². The molecule has 2 rings (SSSR count). The fraction of sp³-hybridized carbons (Fsp3) is 0.625. The van der Waals surface area contributed by atoms with E-state index < -0.39 is 0 Å². The van der Waals surface area contributed by atoms with Gasteiger partial charge in [-0.3, -0.25) is 0 Å². The van der Waals surface area contributed by atoms with Gasteiger partial charge in [-0.25, -0.2) is 0 Å². The molecule has 0 bridgehead atoms. The van der Waals surface area contributed by atoms with Crippen LogP contribution in [0.5, 0.6) is 0 Å². The van der Waals surface area contributed by atoms with E-state index in [4.69, 9.17) is 0 Å². The molecule has 0 saturated carbocycles. The quantitative estimate of drug-likeness (QED) is 0.804. The number of piperidine rings is 1. The van der Waals surface area contributed by atoms with Crippen LogP contribution in [0.4, 0.5) is 0 Å². The van der Waals surface area contributed by atoms with E-state index in [0.29, 0.717) is 6.04 Å². The van der Waals surface area contributed by atoms with Gasteiger partial charge in [0.15, 0.2) is 0 Å². The second-order valence-corrected chi connectivity index (χ2v) is 5.22. The number of benzene rings is 1. The lowest BCUT2D eigenvalue weighted by Crippen LogP contribution is -2.38. The third kappa shape index (κ3) is 3.57. The van der Waals surface area contributed by atoms with E-state index in [1.165, 1.54) is 50.6 Å². The lowest BCUT2D eigenvalue weighted by molar-refractivity contribution is 0.334. The molecule has 1 heterocycles. The molecule has 1 fully saturated rings. The molecule has 17 heavy (non-hydrogen) atoms. The molecule has 1 aliphatic rings. The Labute approximate surface area is 106 Å². The maximum atomic E-state index is 3.73. The Hall–Kier alpha value is -0.820. The minimum absolute atomic E-state index is 0.706. The maximum Gasteiger partial charge on any atom is 0.0136 e. The lowest BCUT2D eigenvalue weighted by atomic mass is 9.83. The third-order valence-corrected chi connectivity index (χ3v) is 3.93. The van der Waals surface area contributed by atoms with Gasteiger partial charge in [0.25, 0.3) is 0 Å². The van der Waals surface area contributed by atoms with Crippen molar-refractivity contribution in [3.8, 4) is 0 Å². The van der Waals surface area contributed by atoms with E-state index in [0.717, 1.165) is 5.92 Å². The standard InChI is InChI=1S/C16H25N/c1-2-3-11-15(14-9-5-4-6-10-14)16-12-7-8-13-17-16/h4-6,9-10,15-17H,2-3,7-8,11-13H2,1H3/t15-,16-/m1/s1. The summed E-state index contributed by atoms with van der Waals surface area (Å²) in [5.41, 5.74) is 1.53. The van der Waals surface area contributed by atoms with Gasteiger partial charge in [-0.15, -0.1) is 0 Å². The fourth-order valence-electron chi connectivity index (χ4n) is 2.95. The van der Waals surface area contributed by atoms with Crippen molar-refractivity contribution in [3.05, 3.63) is 35.9 Å². The summed E-state index contributed by atoms with van der Waals surface area (Å²) in [5.74, 6) is 0.719. The van der Waals surface area contributed by atoms with Crippen molar-refractivity contribution in [1.29, 1.82) is 0 Å². The Kier molecular flexibility index (Phi) is 5.06. The van der Waals surface area contributed by atoms with Crippen LogP contribution in [0.2, 0.25) is 0 Å². The first-order valence-corrected chi connectivity index (χ1v) is 7.20. The summed E-state index contributed by atoms with van der Waals surface area (Å²) in [6.45, 7) is 3.50. The van der Waals surface area contributed by atoms with Gasteiger partial charge in [0.2, 0.25) is 0 Å². The highest BCUT2D eigenvalue weighted by Gasteiger charge is 2.23. The van der Waals surface area contributed by atoms with E-state index in [2.05, 4.69) is 42.6 Å². The average Bonchev–Trinajstić information content (AvgIpc) is 2.42. The SMILES string of the molecule is CCCC[C@H](c1ccccc1)[C@H]1CCCCN1. The molecule has 1 nitrogen and oxygen atoms in total. The molecule has 0 unspecified atom stereocenters. The Bertz CT molecular complexity index is 301. The molecule has 1 aliphatic heterocycles. The van der Waals surface area contributed by atoms with Gasteiger partial charge in [-0.05, 0) is 37.3 Å². The fourth-order valence-corrected chi connectivity index (χ4v) is 2.95. The predicted molar refractivity (Wildman–Crippen MR) is 74.3 cm³/mol. The average molecular weight is 231 g/mol. The smallest absolute Gasteiger partial charge is 0.0136 e. The van der Waals surface area contributed by atoms with Crippen molar-refractivity contribution in [2.75, 3.05) is 6.54 Å². The van der Waals surface area contributed by atoms with Crippen LogP contribution in [-0.4, -0.2) is 12.6 Å². The Balaban J connectivity index is 2.06. The molecule has 0 aliphatic carbocycles. The van der Waals surface area contributed by atoms with Gasteiger partial charge in [-0.1, -0.05) is 56.5 Å². The zero-order valence-corrected chi connectivity index (χ0v) is 11.0. The van der Waals surface area contributed by atoms with Crippen LogP contribution in [0, 0.1) is 0 Å². The van der Waals surface area contributed by atoms with E-state index in [-0.39, 0.29) is 0 Å². The molecular formula is C16H25N. The first kappa shape index (κ1) is 12.6. The van der Waals surface area contributed by atoms with Gasteiger partial charge in [0, 0.05) is 6.04 Å². The summed E-state index contributed by atoms with van der Waals surface area (Å²) < 4.78 is 0. The van der Waals surface area contributed by atoms with Crippen LogP contribution in [0.1, 0.15) is 56.9 Å². The van der Waals surface area contributed by atoms with E-state index in [1.54, 1.807) is 0 Å². The molecule has 1 N–H and O–H groups in total. The molecule has 0 radical (unpaired) electrons. The first-order valence-electron chi connectivity index (χ1n) is 7.20. The largest absolute Gasteiger partial charge is 0.313 e. The van der Waals surface area contributed by atoms with Crippen LogP contribution >= 0.6 is 0 Å². The minimum Gasteiger partial charge on any atom is -0.313 e. The molecule has 1 saturated heterocycles. The van der Waals surface area contributed by atoms with Crippen LogP contribution in [0.15, 0.2) is 30.3 Å². The van der Waals surface area contributed by atoms with Gasteiger partial charge in [0.05, 0.1) is 0 Å². The number of hydrogen-bond acceptors (Lipinski definition) is 1. The third-order valence-electron chi connectivity index (χ3n) is 3.93. The maximum absolute atomic E-state index is 3.73. The molecule has 0 spiro atoms. The van der Waals surface area contributed by atoms with Crippen molar-refractivity contribution in [1.82, 2.24) is 5.32 Å². The monoisotopic (exact) mass is 231 g/mol. The number of hydrogen-bond donors (Lipinski definition) is 1. The van der Waals surface area contributed by atoms with Crippen molar-refractivity contribution >= 4 is 0 Å². The summed E-state index contributed by atoms with van der Waals surface area (Å²) in [6, 6.07) is 11.8. The molecule has 94 valence electrons. The summed E-state index contributed by atoms with van der Waals surface area (Å²) in [5, 5.41) is 3.73. The highest BCUT2D eigenvalue weighted by atomic mass is 14.9. The Morgan fingerprint density at radius 2 is 2.06 bits per heavy atom. The van der Waals surface area contributed by atoms with Crippen LogP contribution in [-0.2, 0) is 0 Å². The van der Waals surface area contributed by atoms with Gasteiger partial charge >= 0.3 is 0 Å². The zero-order valence-electron chi connectivity index (χ0n) is 11.0. The van der Waals surface area contributed by atoms with E-state index in [1.807, 2.05) is 0 Å². The van der Waals surface area contributed by atoms with Crippen molar-refractivity contribution in [2.24, 2.45) is 0 Å². The minimum atomic E-state index is 0.706. The van der Waals surface area contributed by atoms with Crippen LogP contribution in [0.3, 0.4) is 0 Å². The summed E-state index contributed by atoms with van der Waals surface area (Å²) >= 11 is 0. The Morgan fingerprint density at radius 3 is 2.71 bits per heavy atom. The second kappa shape index (κ2) is 6.80. The van der Waals surface area contributed by atoms with E-state index in [9.17, 15) is 0 Å². The van der Waals surface area contributed by atoms with Crippen LogP contribution in [0.25, 0.3) is 0 Å². The highest BCUT2D eigenvalue weighted by molar-refractivity contribution is 5.21. The van der Waals surface area contributed by atoms with Crippen molar-refractivity contribution in [3.63, 3.8) is 0 Å². The topological polar surface area (TPSA) is 12.0 Å². The van der Waals surface area contributed by atoms with Gasteiger partial charge < -0.3 is 5.32 Å². The van der Waals surface area contributed by atoms with Crippen LogP contribution < -0.4 is 5.32 Å². The molecule has 1 aromatic rings. The first-order chi connectivity index (χ1) is 8.42. The van der Waals surface area contributed by atoms with Gasteiger partial charge in [0.1, 0.15) is 0 Å². The second-order valence-electron chi connectivity index (χ2n) is 5.22. The van der Waals surface area contributed by atoms with E-state index >= 15 is 0 Å². The molecule has 2 atom stereocenters. The normalized spacial score (nSPS) is 22.3. The molecular weight excluding hydrogens is 206 g/mol. The number of nitrogens with one attached hydrogen (secondary N) is 1. The molecule has 1 aromatic carbocycles. The molecule has 1 heteroatoms. The summed E-state index contributed by atoms with van der Waals surface area (Å²) in [4.78, 5) is 0. The molecule has 0 amide bonds. The lowest BCUT2D eigenvalue weighted by Gasteiger charge is -2.32. The van der Waals surface area contributed by atoms with Crippen molar-refractivity contribution < 1.29 is 0 Å².